The molecule has 1 nitrogen and oxygen atoms in total. The molecule has 1 aliphatic rings. The van der Waals surface area contributed by atoms with Crippen LogP contribution in [0.3, 0.4) is 0 Å². The summed E-state index contributed by atoms with van der Waals surface area (Å²) < 4.78 is 1.13. The van der Waals surface area contributed by atoms with Gasteiger partial charge in [-0.1, -0.05) is 40.2 Å². The van der Waals surface area contributed by atoms with Gasteiger partial charge in [0, 0.05) is 16.2 Å². The smallest absolute Gasteiger partial charge is 0.0485 e. The van der Waals surface area contributed by atoms with Crippen molar-refractivity contribution in [1.29, 1.82) is 0 Å². The standard InChI is InChI=1S/C18H20BrN/c1-13(14-9-11-16(19)12-10-14)20-18-8-4-6-15-5-2-3-7-17(15)18/h4,6,8-13,20H,2-3,5,7H2,1H3. The molecule has 3 rings (SSSR count). The molecule has 0 radical (unpaired) electrons. The van der Waals surface area contributed by atoms with Gasteiger partial charge in [-0.05, 0) is 67.5 Å². The fourth-order valence-corrected chi connectivity index (χ4v) is 3.25. The molecular weight excluding hydrogens is 310 g/mol. The lowest BCUT2D eigenvalue weighted by Crippen LogP contribution is -2.11. The molecule has 0 saturated heterocycles. The number of nitrogens with one attached hydrogen (secondary N) is 1. The third kappa shape index (κ3) is 2.90. The molecule has 1 unspecified atom stereocenters. The van der Waals surface area contributed by atoms with Crippen LogP contribution in [-0.4, -0.2) is 0 Å². The third-order valence-corrected chi connectivity index (χ3v) is 4.67. The lowest BCUT2D eigenvalue weighted by molar-refractivity contribution is 0.685. The van der Waals surface area contributed by atoms with E-state index < -0.39 is 0 Å². The summed E-state index contributed by atoms with van der Waals surface area (Å²) in [4.78, 5) is 0. The maximum atomic E-state index is 3.69. The maximum Gasteiger partial charge on any atom is 0.0485 e. The Bertz CT molecular complexity index is 589. The fourth-order valence-electron chi connectivity index (χ4n) is 2.98. The first-order chi connectivity index (χ1) is 9.74. The van der Waals surface area contributed by atoms with Crippen molar-refractivity contribution in [2.45, 2.75) is 38.6 Å². The number of anilines is 1. The van der Waals surface area contributed by atoms with Gasteiger partial charge in [-0.2, -0.15) is 0 Å². The van der Waals surface area contributed by atoms with Crippen molar-refractivity contribution in [3.05, 3.63) is 63.6 Å². The number of fused-ring (bicyclic) bond motifs is 1. The zero-order valence-electron chi connectivity index (χ0n) is 11.8. The molecule has 104 valence electrons. The first-order valence-electron chi connectivity index (χ1n) is 7.37. The number of hydrogen-bond donors (Lipinski definition) is 1. The molecule has 0 saturated carbocycles. The van der Waals surface area contributed by atoms with Crippen molar-refractivity contribution in [3.63, 3.8) is 0 Å². The summed E-state index contributed by atoms with van der Waals surface area (Å²) in [5, 5.41) is 3.69. The molecule has 2 heteroatoms. The van der Waals surface area contributed by atoms with E-state index in [0.29, 0.717) is 6.04 Å². The molecule has 0 heterocycles. The summed E-state index contributed by atoms with van der Waals surface area (Å²) >= 11 is 3.49. The number of benzene rings is 2. The molecule has 0 aliphatic heterocycles. The quantitative estimate of drug-likeness (QED) is 0.783. The molecule has 0 aromatic heterocycles. The minimum absolute atomic E-state index is 0.330. The highest BCUT2D eigenvalue weighted by Gasteiger charge is 2.14. The van der Waals surface area contributed by atoms with Gasteiger partial charge in [0.1, 0.15) is 0 Å². The number of hydrogen-bond acceptors (Lipinski definition) is 1. The molecule has 0 bridgehead atoms. The van der Waals surface area contributed by atoms with E-state index in [0.717, 1.165) is 4.47 Å². The predicted molar refractivity (Wildman–Crippen MR) is 89.3 cm³/mol. The molecule has 20 heavy (non-hydrogen) atoms. The van der Waals surface area contributed by atoms with Crippen LogP contribution in [0, 0.1) is 0 Å². The zero-order valence-corrected chi connectivity index (χ0v) is 13.4. The molecule has 0 amide bonds. The zero-order chi connectivity index (χ0) is 13.9. The van der Waals surface area contributed by atoms with E-state index in [9.17, 15) is 0 Å². The SMILES string of the molecule is CC(Nc1cccc2c1CCCC2)c1ccc(Br)cc1. The summed E-state index contributed by atoms with van der Waals surface area (Å²) in [6, 6.07) is 15.6. The summed E-state index contributed by atoms with van der Waals surface area (Å²) in [5.74, 6) is 0. The van der Waals surface area contributed by atoms with Crippen LogP contribution in [0.25, 0.3) is 0 Å². The van der Waals surface area contributed by atoms with Gasteiger partial charge in [0.15, 0.2) is 0 Å². The average molecular weight is 330 g/mol. The minimum Gasteiger partial charge on any atom is -0.378 e. The average Bonchev–Trinajstić information content (AvgIpc) is 2.48. The van der Waals surface area contributed by atoms with Crippen molar-refractivity contribution in [1.82, 2.24) is 0 Å². The van der Waals surface area contributed by atoms with E-state index in [1.165, 1.54) is 48.1 Å². The molecule has 0 spiro atoms. The van der Waals surface area contributed by atoms with Crippen LogP contribution in [0.5, 0.6) is 0 Å². The first kappa shape index (κ1) is 13.7. The highest BCUT2D eigenvalue weighted by atomic mass is 79.9. The Morgan fingerprint density at radius 2 is 1.75 bits per heavy atom. The lowest BCUT2D eigenvalue weighted by atomic mass is 9.90. The van der Waals surface area contributed by atoms with Gasteiger partial charge in [0.25, 0.3) is 0 Å². The van der Waals surface area contributed by atoms with E-state index in [-0.39, 0.29) is 0 Å². The Kier molecular flexibility index (Phi) is 4.11. The lowest BCUT2D eigenvalue weighted by Gasteiger charge is -2.23. The van der Waals surface area contributed by atoms with Gasteiger partial charge in [0.2, 0.25) is 0 Å². The number of rotatable bonds is 3. The first-order valence-corrected chi connectivity index (χ1v) is 8.16. The monoisotopic (exact) mass is 329 g/mol. The highest BCUT2D eigenvalue weighted by Crippen LogP contribution is 2.30. The van der Waals surface area contributed by atoms with Crippen molar-refractivity contribution < 1.29 is 0 Å². The summed E-state index contributed by atoms with van der Waals surface area (Å²) in [7, 11) is 0. The molecular formula is C18H20BrN. The van der Waals surface area contributed by atoms with Crippen molar-refractivity contribution in [3.8, 4) is 0 Å². The number of aryl methyl sites for hydroxylation is 1. The van der Waals surface area contributed by atoms with Crippen LogP contribution in [0.4, 0.5) is 5.69 Å². The second-order valence-corrected chi connectivity index (χ2v) is 6.48. The van der Waals surface area contributed by atoms with E-state index in [1.807, 2.05) is 0 Å². The molecule has 0 fully saturated rings. The Balaban J connectivity index is 1.82. The normalized spacial score (nSPS) is 15.5. The second-order valence-electron chi connectivity index (χ2n) is 5.57. The molecule has 2 aromatic rings. The summed E-state index contributed by atoms with van der Waals surface area (Å²) in [6.45, 7) is 2.23. The van der Waals surface area contributed by atoms with Gasteiger partial charge in [-0.3, -0.25) is 0 Å². The van der Waals surface area contributed by atoms with E-state index in [1.54, 1.807) is 0 Å². The van der Waals surface area contributed by atoms with Crippen LogP contribution in [0.1, 0.15) is 42.5 Å². The molecule has 1 aliphatic carbocycles. The van der Waals surface area contributed by atoms with Gasteiger partial charge >= 0.3 is 0 Å². The van der Waals surface area contributed by atoms with E-state index in [2.05, 4.69) is 70.6 Å². The van der Waals surface area contributed by atoms with Crippen LogP contribution in [-0.2, 0) is 12.8 Å². The second kappa shape index (κ2) is 6.01. The topological polar surface area (TPSA) is 12.0 Å². The fraction of sp³-hybridized carbons (Fsp3) is 0.333. The maximum absolute atomic E-state index is 3.69. The largest absolute Gasteiger partial charge is 0.378 e. The van der Waals surface area contributed by atoms with E-state index >= 15 is 0 Å². The summed E-state index contributed by atoms with van der Waals surface area (Å²) in [5.41, 5.74) is 5.70. The Morgan fingerprint density at radius 1 is 1.00 bits per heavy atom. The van der Waals surface area contributed by atoms with Crippen molar-refractivity contribution >= 4 is 21.6 Å². The van der Waals surface area contributed by atoms with Gasteiger partial charge in [0.05, 0.1) is 0 Å². The third-order valence-electron chi connectivity index (χ3n) is 4.14. The molecule has 1 N–H and O–H groups in total. The van der Waals surface area contributed by atoms with Gasteiger partial charge in [-0.15, -0.1) is 0 Å². The number of halogens is 1. The Labute approximate surface area is 129 Å². The Hall–Kier alpha value is -1.28. The molecule has 1 atom stereocenters. The Morgan fingerprint density at radius 3 is 2.55 bits per heavy atom. The van der Waals surface area contributed by atoms with Gasteiger partial charge in [-0.25, -0.2) is 0 Å². The summed E-state index contributed by atoms with van der Waals surface area (Å²) in [6.07, 6.45) is 5.10. The van der Waals surface area contributed by atoms with Crippen LogP contribution in [0.2, 0.25) is 0 Å². The highest BCUT2D eigenvalue weighted by molar-refractivity contribution is 9.10. The predicted octanol–water partition coefficient (Wildman–Crippen LogP) is 5.50. The van der Waals surface area contributed by atoms with Crippen molar-refractivity contribution in [2.75, 3.05) is 5.32 Å². The van der Waals surface area contributed by atoms with Crippen molar-refractivity contribution in [2.24, 2.45) is 0 Å². The minimum atomic E-state index is 0.330. The van der Waals surface area contributed by atoms with E-state index in [4.69, 9.17) is 0 Å². The van der Waals surface area contributed by atoms with Crippen LogP contribution < -0.4 is 5.32 Å². The van der Waals surface area contributed by atoms with Gasteiger partial charge < -0.3 is 5.32 Å². The molecule has 2 aromatic carbocycles. The van der Waals surface area contributed by atoms with Crippen LogP contribution in [0.15, 0.2) is 46.9 Å². The van der Waals surface area contributed by atoms with Crippen LogP contribution >= 0.6 is 15.9 Å².